The Hall–Kier alpha value is -1.64. The molecule has 0 aliphatic carbocycles. The van der Waals surface area contributed by atoms with Gasteiger partial charge >= 0.3 is 0 Å². The van der Waals surface area contributed by atoms with Gasteiger partial charge in [0.05, 0.1) is 11.8 Å². The van der Waals surface area contributed by atoms with Crippen LogP contribution in [0, 0.1) is 5.82 Å². The highest BCUT2D eigenvalue weighted by Crippen LogP contribution is 2.27. The second-order valence-corrected chi connectivity index (χ2v) is 4.78. The van der Waals surface area contributed by atoms with Crippen LogP contribution in [0.4, 0.5) is 4.39 Å². The molecule has 1 aromatic heterocycles. The lowest BCUT2D eigenvalue weighted by atomic mass is 9.86. The molecule has 84 valence electrons. The van der Waals surface area contributed by atoms with Crippen LogP contribution in [0.5, 0.6) is 0 Å². The molecular formula is C13H14FNO. The molecule has 0 saturated carbocycles. The lowest BCUT2D eigenvalue weighted by molar-refractivity contribution is 0.553. The van der Waals surface area contributed by atoms with E-state index in [1.54, 1.807) is 12.1 Å². The van der Waals surface area contributed by atoms with Crippen LogP contribution in [0.3, 0.4) is 0 Å². The molecule has 0 atom stereocenters. The molecule has 0 aliphatic rings. The molecule has 0 bridgehead atoms. The van der Waals surface area contributed by atoms with Crippen molar-refractivity contribution in [3.05, 3.63) is 42.0 Å². The highest BCUT2D eigenvalue weighted by Gasteiger charge is 2.17. The molecule has 0 spiro atoms. The number of nitrogens with zero attached hydrogens (tertiary/aromatic N) is 1. The van der Waals surface area contributed by atoms with Gasteiger partial charge in [0.15, 0.2) is 0 Å². The van der Waals surface area contributed by atoms with E-state index in [1.165, 1.54) is 12.5 Å². The van der Waals surface area contributed by atoms with Crippen LogP contribution >= 0.6 is 0 Å². The summed E-state index contributed by atoms with van der Waals surface area (Å²) in [4.78, 5) is 3.93. The lowest BCUT2D eigenvalue weighted by Crippen LogP contribution is -2.11. The van der Waals surface area contributed by atoms with Crippen LogP contribution in [0.15, 0.2) is 35.1 Å². The Morgan fingerprint density at radius 2 is 2.00 bits per heavy atom. The van der Waals surface area contributed by atoms with E-state index in [9.17, 15) is 4.39 Å². The fraction of sp³-hybridized carbons (Fsp3) is 0.308. The molecule has 1 aromatic carbocycles. The van der Waals surface area contributed by atoms with Gasteiger partial charge in [-0.3, -0.25) is 0 Å². The average Bonchev–Trinajstić information content (AvgIpc) is 2.69. The zero-order chi connectivity index (χ0) is 11.8. The Bertz CT molecular complexity index is 483. The molecule has 0 fully saturated rings. The van der Waals surface area contributed by atoms with Gasteiger partial charge in [0, 0.05) is 0 Å². The summed E-state index contributed by atoms with van der Waals surface area (Å²) >= 11 is 0. The SMILES string of the molecule is CC(C)(C)c1ccc(-c2ncco2)c(F)c1. The van der Waals surface area contributed by atoms with Gasteiger partial charge in [0.2, 0.25) is 5.89 Å². The summed E-state index contributed by atoms with van der Waals surface area (Å²) in [6, 6.07) is 5.16. The quantitative estimate of drug-likeness (QED) is 0.729. The van der Waals surface area contributed by atoms with Crippen molar-refractivity contribution < 1.29 is 8.81 Å². The molecule has 2 aromatic rings. The predicted octanol–water partition coefficient (Wildman–Crippen LogP) is 3.78. The van der Waals surface area contributed by atoms with E-state index in [2.05, 4.69) is 4.98 Å². The van der Waals surface area contributed by atoms with Crippen molar-refractivity contribution in [2.24, 2.45) is 0 Å². The minimum atomic E-state index is -0.296. The number of hydrogen-bond acceptors (Lipinski definition) is 2. The fourth-order valence-electron chi connectivity index (χ4n) is 1.51. The monoisotopic (exact) mass is 219 g/mol. The van der Waals surface area contributed by atoms with Crippen molar-refractivity contribution in [3.8, 4) is 11.5 Å². The van der Waals surface area contributed by atoms with Crippen LogP contribution in [0.2, 0.25) is 0 Å². The van der Waals surface area contributed by atoms with Crippen molar-refractivity contribution in [3.63, 3.8) is 0 Å². The van der Waals surface area contributed by atoms with E-state index in [4.69, 9.17) is 4.42 Å². The molecule has 0 unspecified atom stereocenters. The van der Waals surface area contributed by atoms with E-state index in [-0.39, 0.29) is 11.2 Å². The third kappa shape index (κ3) is 1.98. The highest BCUT2D eigenvalue weighted by molar-refractivity contribution is 5.55. The van der Waals surface area contributed by atoms with E-state index >= 15 is 0 Å². The molecule has 16 heavy (non-hydrogen) atoms. The summed E-state index contributed by atoms with van der Waals surface area (Å²) in [6.07, 6.45) is 2.94. The van der Waals surface area contributed by atoms with E-state index < -0.39 is 0 Å². The first-order valence-corrected chi connectivity index (χ1v) is 5.18. The number of hydrogen-bond donors (Lipinski definition) is 0. The third-order valence-corrected chi connectivity index (χ3v) is 2.50. The van der Waals surface area contributed by atoms with Crippen LogP contribution in [0.1, 0.15) is 26.3 Å². The second-order valence-electron chi connectivity index (χ2n) is 4.78. The Labute approximate surface area is 94.1 Å². The maximum Gasteiger partial charge on any atom is 0.228 e. The van der Waals surface area contributed by atoms with E-state index in [0.29, 0.717) is 11.5 Å². The summed E-state index contributed by atoms with van der Waals surface area (Å²) in [5, 5.41) is 0. The van der Waals surface area contributed by atoms with E-state index in [0.717, 1.165) is 5.56 Å². The van der Waals surface area contributed by atoms with Gasteiger partial charge in [0.1, 0.15) is 12.1 Å². The second kappa shape index (κ2) is 3.74. The topological polar surface area (TPSA) is 26.0 Å². The van der Waals surface area contributed by atoms with Crippen molar-refractivity contribution in [2.45, 2.75) is 26.2 Å². The van der Waals surface area contributed by atoms with Gasteiger partial charge in [-0.15, -0.1) is 0 Å². The summed E-state index contributed by atoms with van der Waals surface area (Å²) in [7, 11) is 0. The van der Waals surface area contributed by atoms with Gasteiger partial charge in [-0.2, -0.15) is 0 Å². The van der Waals surface area contributed by atoms with Crippen molar-refractivity contribution in [1.29, 1.82) is 0 Å². The fourth-order valence-corrected chi connectivity index (χ4v) is 1.51. The predicted molar refractivity (Wildman–Crippen MR) is 60.6 cm³/mol. The summed E-state index contributed by atoms with van der Waals surface area (Å²) in [5.41, 5.74) is 1.30. The molecule has 0 amide bonds. The maximum absolute atomic E-state index is 13.8. The highest BCUT2D eigenvalue weighted by atomic mass is 19.1. The Kier molecular flexibility index (Phi) is 2.54. The summed E-state index contributed by atoms with van der Waals surface area (Å²) in [6.45, 7) is 6.14. The van der Waals surface area contributed by atoms with Crippen molar-refractivity contribution in [2.75, 3.05) is 0 Å². The number of benzene rings is 1. The van der Waals surface area contributed by atoms with Crippen LogP contribution in [-0.4, -0.2) is 4.98 Å². The molecular weight excluding hydrogens is 205 g/mol. The van der Waals surface area contributed by atoms with Crippen LogP contribution < -0.4 is 0 Å². The smallest absolute Gasteiger partial charge is 0.228 e. The summed E-state index contributed by atoms with van der Waals surface area (Å²) < 4.78 is 18.9. The molecule has 2 nitrogen and oxygen atoms in total. The normalized spacial score (nSPS) is 11.8. The zero-order valence-corrected chi connectivity index (χ0v) is 9.62. The first-order chi connectivity index (χ1) is 7.48. The molecule has 0 N–H and O–H groups in total. The Morgan fingerprint density at radius 1 is 1.25 bits per heavy atom. The maximum atomic E-state index is 13.8. The van der Waals surface area contributed by atoms with Crippen molar-refractivity contribution >= 4 is 0 Å². The largest absolute Gasteiger partial charge is 0.444 e. The molecule has 0 saturated heterocycles. The molecule has 3 heteroatoms. The van der Waals surface area contributed by atoms with Crippen molar-refractivity contribution in [1.82, 2.24) is 4.98 Å². The standard InChI is InChI=1S/C13H14FNO/c1-13(2,3)9-4-5-10(11(14)8-9)12-15-6-7-16-12/h4-8H,1-3H3. The number of aromatic nitrogens is 1. The lowest BCUT2D eigenvalue weighted by Gasteiger charge is -2.19. The molecule has 0 radical (unpaired) electrons. The third-order valence-electron chi connectivity index (χ3n) is 2.50. The van der Waals surface area contributed by atoms with Gasteiger partial charge in [-0.1, -0.05) is 26.8 Å². The number of halogens is 1. The Morgan fingerprint density at radius 3 is 2.50 bits per heavy atom. The van der Waals surface area contributed by atoms with Gasteiger partial charge in [-0.25, -0.2) is 9.37 Å². The summed E-state index contributed by atoms with van der Waals surface area (Å²) in [5.74, 6) is 0.0211. The molecule has 1 heterocycles. The Balaban J connectivity index is 2.46. The first-order valence-electron chi connectivity index (χ1n) is 5.18. The molecule has 0 aliphatic heterocycles. The van der Waals surface area contributed by atoms with Gasteiger partial charge in [-0.05, 0) is 23.1 Å². The zero-order valence-electron chi connectivity index (χ0n) is 9.62. The van der Waals surface area contributed by atoms with Crippen LogP contribution in [0.25, 0.3) is 11.5 Å². The number of oxazole rings is 1. The van der Waals surface area contributed by atoms with Crippen LogP contribution in [-0.2, 0) is 5.41 Å². The van der Waals surface area contributed by atoms with Gasteiger partial charge in [0.25, 0.3) is 0 Å². The van der Waals surface area contributed by atoms with E-state index in [1.807, 2.05) is 26.8 Å². The van der Waals surface area contributed by atoms with Gasteiger partial charge < -0.3 is 4.42 Å². The molecule has 2 rings (SSSR count). The minimum absolute atomic E-state index is 0.0596. The first kappa shape index (κ1) is 10.9. The average molecular weight is 219 g/mol. The minimum Gasteiger partial charge on any atom is -0.444 e. The number of rotatable bonds is 1.